The minimum Gasteiger partial charge on any atom is -0.487 e. The normalized spacial score (nSPS) is 10.5. The maximum Gasteiger partial charge on any atom is 0.130 e. The van der Waals surface area contributed by atoms with E-state index in [1.54, 1.807) is 0 Å². The molecule has 0 atom stereocenters. The molecule has 2 rings (SSSR count). The maximum atomic E-state index is 5.71. The Kier molecular flexibility index (Phi) is 5.56. The number of hydrogen-bond acceptors (Lipinski definition) is 3. The van der Waals surface area contributed by atoms with E-state index in [9.17, 15) is 0 Å². The predicted octanol–water partition coefficient (Wildman–Crippen LogP) is 3.47. The number of rotatable bonds is 7. The van der Waals surface area contributed by atoms with Crippen molar-refractivity contribution >= 4 is 0 Å². The lowest BCUT2D eigenvalue weighted by molar-refractivity contribution is 0.301. The third kappa shape index (κ3) is 4.67. The summed E-state index contributed by atoms with van der Waals surface area (Å²) in [5.41, 5.74) is 3.39. The third-order valence-corrected chi connectivity index (χ3v) is 3.05. The molecule has 0 radical (unpaired) electrons. The molecule has 1 aromatic heterocycles. The lowest BCUT2D eigenvalue weighted by atomic mass is 10.2. The zero-order valence-corrected chi connectivity index (χ0v) is 12.2. The van der Waals surface area contributed by atoms with Crippen LogP contribution in [-0.4, -0.2) is 11.5 Å². The molecule has 106 valence electrons. The van der Waals surface area contributed by atoms with Gasteiger partial charge >= 0.3 is 0 Å². The number of pyridine rings is 1. The fourth-order valence-corrected chi connectivity index (χ4v) is 1.85. The van der Waals surface area contributed by atoms with Crippen molar-refractivity contribution in [2.24, 2.45) is 0 Å². The number of nitrogens with one attached hydrogen (secondary N) is 1. The lowest BCUT2D eigenvalue weighted by Gasteiger charge is -2.07. The second-order valence-electron chi connectivity index (χ2n) is 4.94. The molecule has 1 heterocycles. The number of benzene rings is 1. The Labute approximate surface area is 121 Å². The van der Waals surface area contributed by atoms with Crippen molar-refractivity contribution in [2.75, 3.05) is 6.54 Å². The van der Waals surface area contributed by atoms with E-state index in [2.05, 4.69) is 30.2 Å². The van der Waals surface area contributed by atoms with Crippen molar-refractivity contribution in [3.05, 3.63) is 59.4 Å². The lowest BCUT2D eigenvalue weighted by Crippen LogP contribution is -2.14. The van der Waals surface area contributed by atoms with E-state index in [1.165, 1.54) is 11.1 Å². The molecule has 0 aliphatic carbocycles. The van der Waals surface area contributed by atoms with Gasteiger partial charge in [0.25, 0.3) is 0 Å². The first-order valence-electron chi connectivity index (χ1n) is 7.12. The Bertz CT molecular complexity index is 506. The van der Waals surface area contributed by atoms with Crippen LogP contribution in [0.3, 0.4) is 0 Å². The van der Waals surface area contributed by atoms with Gasteiger partial charge in [0.05, 0.1) is 5.69 Å². The van der Waals surface area contributed by atoms with Gasteiger partial charge in [0, 0.05) is 12.7 Å². The van der Waals surface area contributed by atoms with Crippen LogP contribution in [0.1, 0.15) is 30.2 Å². The van der Waals surface area contributed by atoms with E-state index in [-0.39, 0.29) is 0 Å². The van der Waals surface area contributed by atoms with E-state index in [1.807, 2.05) is 36.5 Å². The molecular formula is C17H22N2O. The van der Waals surface area contributed by atoms with Gasteiger partial charge in [-0.05, 0) is 43.7 Å². The highest BCUT2D eigenvalue weighted by molar-refractivity contribution is 5.26. The van der Waals surface area contributed by atoms with Crippen LogP contribution < -0.4 is 10.1 Å². The zero-order valence-electron chi connectivity index (χ0n) is 12.2. The second-order valence-corrected chi connectivity index (χ2v) is 4.94. The standard InChI is InChI=1S/C17H22N2O/c1-3-10-18-11-15-6-7-16(19-12-15)13-20-17-8-4-14(2)5-9-17/h4-9,12,18H,3,10-11,13H2,1-2H3. The summed E-state index contributed by atoms with van der Waals surface area (Å²) in [4.78, 5) is 4.43. The average Bonchev–Trinajstić information content (AvgIpc) is 2.48. The van der Waals surface area contributed by atoms with Crippen LogP contribution in [0.25, 0.3) is 0 Å². The summed E-state index contributed by atoms with van der Waals surface area (Å²) >= 11 is 0. The molecule has 3 heteroatoms. The van der Waals surface area contributed by atoms with Crippen molar-refractivity contribution in [1.29, 1.82) is 0 Å². The molecule has 0 bridgehead atoms. The van der Waals surface area contributed by atoms with Crippen LogP contribution in [-0.2, 0) is 13.2 Å². The maximum absolute atomic E-state index is 5.71. The smallest absolute Gasteiger partial charge is 0.130 e. The van der Waals surface area contributed by atoms with E-state index in [4.69, 9.17) is 4.74 Å². The van der Waals surface area contributed by atoms with Gasteiger partial charge in [0.15, 0.2) is 0 Å². The van der Waals surface area contributed by atoms with Crippen LogP contribution >= 0.6 is 0 Å². The average molecular weight is 270 g/mol. The fourth-order valence-electron chi connectivity index (χ4n) is 1.85. The zero-order chi connectivity index (χ0) is 14.2. The summed E-state index contributed by atoms with van der Waals surface area (Å²) in [6.45, 7) is 6.65. The van der Waals surface area contributed by atoms with Gasteiger partial charge in [-0.2, -0.15) is 0 Å². The Morgan fingerprint density at radius 3 is 2.55 bits per heavy atom. The Morgan fingerprint density at radius 1 is 1.10 bits per heavy atom. The van der Waals surface area contributed by atoms with Crippen LogP contribution in [0, 0.1) is 6.92 Å². The summed E-state index contributed by atoms with van der Waals surface area (Å²) in [5.74, 6) is 0.881. The first-order chi connectivity index (χ1) is 9.78. The van der Waals surface area contributed by atoms with Crippen molar-refractivity contribution in [1.82, 2.24) is 10.3 Å². The second kappa shape index (κ2) is 7.65. The first-order valence-corrected chi connectivity index (χ1v) is 7.12. The molecule has 0 saturated heterocycles. The molecule has 20 heavy (non-hydrogen) atoms. The molecule has 0 amide bonds. The molecule has 1 aromatic carbocycles. The quantitative estimate of drug-likeness (QED) is 0.782. The summed E-state index contributed by atoms with van der Waals surface area (Å²) in [5, 5.41) is 3.36. The van der Waals surface area contributed by atoms with Gasteiger partial charge in [0.1, 0.15) is 12.4 Å². The fraction of sp³-hybridized carbons (Fsp3) is 0.353. The SMILES string of the molecule is CCCNCc1ccc(COc2ccc(C)cc2)nc1. The molecular weight excluding hydrogens is 248 g/mol. The summed E-state index contributed by atoms with van der Waals surface area (Å²) in [6.07, 6.45) is 3.06. The summed E-state index contributed by atoms with van der Waals surface area (Å²) in [7, 11) is 0. The highest BCUT2D eigenvalue weighted by Gasteiger charge is 1.98. The van der Waals surface area contributed by atoms with E-state index in [0.717, 1.165) is 31.0 Å². The Morgan fingerprint density at radius 2 is 1.90 bits per heavy atom. The number of aromatic nitrogens is 1. The van der Waals surface area contributed by atoms with E-state index in [0.29, 0.717) is 6.61 Å². The van der Waals surface area contributed by atoms with Crippen molar-refractivity contribution in [2.45, 2.75) is 33.4 Å². The van der Waals surface area contributed by atoms with Crippen LogP contribution in [0.2, 0.25) is 0 Å². The number of hydrogen-bond donors (Lipinski definition) is 1. The van der Waals surface area contributed by atoms with Gasteiger partial charge < -0.3 is 10.1 Å². The van der Waals surface area contributed by atoms with Crippen molar-refractivity contribution in [3.8, 4) is 5.75 Å². The molecule has 0 saturated carbocycles. The van der Waals surface area contributed by atoms with Crippen LogP contribution in [0.4, 0.5) is 0 Å². The highest BCUT2D eigenvalue weighted by Crippen LogP contribution is 2.13. The van der Waals surface area contributed by atoms with Crippen molar-refractivity contribution < 1.29 is 4.74 Å². The largest absolute Gasteiger partial charge is 0.487 e. The van der Waals surface area contributed by atoms with Gasteiger partial charge in [-0.15, -0.1) is 0 Å². The van der Waals surface area contributed by atoms with Crippen LogP contribution in [0.5, 0.6) is 5.75 Å². The summed E-state index contributed by atoms with van der Waals surface area (Å²) < 4.78 is 5.71. The topological polar surface area (TPSA) is 34.1 Å². The minimum absolute atomic E-state index is 0.506. The molecule has 3 nitrogen and oxygen atoms in total. The van der Waals surface area contributed by atoms with Gasteiger partial charge in [0.2, 0.25) is 0 Å². The number of nitrogens with zero attached hydrogens (tertiary/aromatic N) is 1. The molecule has 0 unspecified atom stereocenters. The first kappa shape index (κ1) is 14.5. The molecule has 0 fully saturated rings. The van der Waals surface area contributed by atoms with Crippen LogP contribution in [0.15, 0.2) is 42.6 Å². The van der Waals surface area contributed by atoms with Gasteiger partial charge in [-0.1, -0.05) is 30.7 Å². The highest BCUT2D eigenvalue weighted by atomic mass is 16.5. The molecule has 0 aliphatic heterocycles. The Hall–Kier alpha value is -1.87. The summed E-state index contributed by atoms with van der Waals surface area (Å²) in [6, 6.07) is 12.2. The van der Waals surface area contributed by atoms with Gasteiger partial charge in [-0.25, -0.2) is 0 Å². The van der Waals surface area contributed by atoms with Crippen molar-refractivity contribution in [3.63, 3.8) is 0 Å². The minimum atomic E-state index is 0.506. The van der Waals surface area contributed by atoms with E-state index < -0.39 is 0 Å². The molecule has 1 N–H and O–H groups in total. The monoisotopic (exact) mass is 270 g/mol. The van der Waals surface area contributed by atoms with E-state index >= 15 is 0 Å². The Balaban J connectivity index is 1.82. The molecule has 0 spiro atoms. The number of aryl methyl sites for hydroxylation is 1. The number of ether oxygens (including phenoxy) is 1. The molecule has 0 aliphatic rings. The third-order valence-electron chi connectivity index (χ3n) is 3.05. The van der Waals surface area contributed by atoms with Gasteiger partial charge in [-0.3, -0.25) is 4.98 Å². The predicted molar refractivity (Wildman–Crippen MR) is 81.7 cm³/mol. The molecule has 2 aromatic rings.